The predicted molar refractivity (Wildman–Crippen MR) is 158 cm³/mol. The second-order valence-electron chi connectivity index (χ2n) is 9.97. The van der Waals surface area contributed by atoms with Gasteiger partial charge in [-0.05, 0) is 92.2 Å². The van der Waals surface area contributed by atoms with Gasteiger partial charge in [0.25, 0.3) is 0 Å². The summed E-state index contributed by atoms with van der Waals surface area (Å²) in [6.45, 7) is 6.58. The van der Waals surface area contributed by atoms with Gasteiger partial charge in [-0.25, -0.2) is 9.48 Å². The topological polar surface area (TPSA) is 55.1 Å². The zero-order chi connectivity index (χ0) is 27.1. The summed E-state index contributed by atoms with van der Waals surface area (Å²) in [5.41, 5.74) is 8.10. The second kappa shape index (κ2) is 10.2. The van der Waals surface area contributed by atoms with E-state index in [2.05, 4.69) is 78.6 Å². The van der Waals surface area contributed by atoms with Crippen LogP contribution in [0.2, 0.25) is 0 Å². The number of nitrogens with one attached hydrogen (secondary N) is 1. The van der Waals surface area contributed by atoms with E-state index >= 15 is 0 Å². The Morgan fingerprint density at radius 2 is 1.69 bits per heavy atom. The molecule has 3 heterocycles. The Balaban J connectivity index is 1.52. The lowest BCUT2D eigenvalue weighted by Crippen LogP contribution is -2.38. The molecule has 0 saturated heterocycles. The van der Waals surface area contributed by atoms with Crippen LogP contribution in [0.3, 0.4) is 0 Å². The average molecular weight is 534 g/mol. The summed E-state index contributed by atoms with van der Waals surface area (Å²) in [6, 6.07) is 28.4. The number of urea groups is 1. The molecular formula is C32H31N5OS. The van der Waals surface area contributed by atoms with E-state index in [1.54, 1.807) is 11.8 Å². The Morgan fingerprint density at radius 1 is 0.923 bits per heavy atom. The molecule has 7 heteroatoms. The van der Waals surface area contributed by atoms with Gasteiger partial charge in [0, 0.05) is 22.3 Å². The van der Waals surface area contributed by atoms with E-state index in [1.807, 2.05) is 59.0 Å². The molecule has 39 heavy (non-hydrogen) atoms. The van der Waals surface area contributed by atoms with Crippen LogP contribution in [0.5, 0.6) is 0 Å². The summed E-state index contributed by atoms with van der Waals surface area (Å²) < 4.78 is 4.19. The molecule has 1 aliphatic rings. The van der Waals surface area contributed by atoms with Crippen LogP contribution in [0.1, 0.15) is 39.7 Å². The van der Waals surface area contributed by atoms with Crippen molar-refractivity contribution in [1.29, 1.82) is 0 Å². The molecule has 196 valence electrons. The minimum Gasteiger partial charge on any atom is -0.308 e. The van der Waals surface area contributed by atoms with Gasteiger partial charge >= 0.3 is 6.03 Å². The average Bonchev–Trinajstić information content (AvgIpc) is 3.51. The Kier molecular flexibility index (Phi) is 6.53. The van der Waals surface area contributed by atoms with E-state index in [1.165, 1.54) is 10.5 Å². The van der Waals surface area contributed by atoms with Crippen molar-refractivity contribution in [2.24, 2.45) is 0 Å². The number of benzene rings is 3. The summed E-state index contributed by atoms with van der Waals surface area (Å²) in [5, 5.41) is 8.12. The lowest BCUT2D eigenvalue weighted by atomic mass is 10.0. The number of aromatic nitrogens is 3. The van der Waals surface area contributed by atoms with Crippen LogP contribution in [0.15, 0.2) is 96.0 Å². The Labute approximate surface area is 233 Å². The van der Waals surface area contributed by atoms with Crippen LogP contribution in [-0.2, 0) is 6.54 Å². The molecule has 0 aliphatic carbocycles. The lowest BCUT2D eigenvalue weighted by Gasteiger charge is -2.31. The molecule has 2 aromatic heterocycles. The third-order valence-corrected chi connectivity index (χ3v) is 8.28. The van der Waals surface area contributed by atoms with Gasteiger partial charge in [-0.3, -0.25) is 0 Å². The number of rotatable bonds is 4. The van der Waals surface area contributed by atoms with Gasteiger partial charge in [0.2, 0.25) is 0 Å². The zero-order valence-corrected chi connectivity index (χ0v) is 23.4. The lowest BCUT2D eigenvalue weighted by molar-refractivity contribution is 0.194. The number of amides is 2. The van der Waals surface area contributed by atoms with Gasteiger partial charge in [-0.2, -0.15) is 5.10 Å². The highest BCUT2D eigenvalue weighted by Gasteiger charge is 2.36. The standard InChI is InChI=1S/C32H31N5OS/c1-21-12-15-25(19-22(21)2)33-32(38)36-20-28-23(3)34-37(26-9-6-5-7-10-26)31(28)35-18-8-11-29(35)30(36)24-13-16-27(39-4)17-14-24/h5-19,30H,20H2,1-4H3,(H,33,38)/t30-/m0/s1. The molecule has 0 radical (unpaired) electrons. The smallest absolute Gasteiger partial charge is 0.308 e. The van der Waals surface area contributed by atoms with Gasteiger partial charge in [0.1, 0.15) is 5.82 Å². The van der Waals surface area contributed by atoms with Crippen molar-refractivity contribution in [3.63, 3.8) is 0 Å². The number of nitrogens with zero attached hydrogens (tertiary/aromatic N) is 4. The molecule has 0 fully saturated rings. The molecule has 6 nitrogen and oxygen atoms in total. The number of carbonyl (C=O) groups excluding carboxylic acids is 1. The summed E-state index contributed by atoms with van der Waals surface area (Å²) in [7, 11) is 0. The molecule has 1 atom stereocenters. The summed E-state index contributed by atoms with van der Waals surface area (Å²) in [6.07, 6.45) is 4.15. The maximum absolute atomic E-state index is 14.1. The van der Waals surface area contributed by atoms with Crippen molar-refractivity contribution >= 4 is 23.5 Å². The molecule has 1 aliphatic heterocycles. The zero-order valence-electron chi connectivity index (χ0n) is 22.6. The van der Waals surface area contributed by atoms with Crippen molar-refractivity contribution in [1.82, 2.24) is 19.2 Å². The number of aryl methyl sites for hydroxylation is 3. The van der Waals surface area contributed by atoms with Crippen molar-refractivity contribution in [2.75, 3.05) is 11.6 Å². The molecule has 5 aromatic rings. The minimum absolute atomic E-state index is 0.148. The van der Waals surface area contributed by atoms with Gasteiger partial charge in [-0.1, -0.05) is 36.4 Å². The van der Waals surface area contributed by atoms with Crippen molar-refractivity contribution in [3.8, 4) is 11.5 Å². The molecular weight excluding hydrogens is 502 g/mol. The normalized spacial score (nSPS) is 14.5. The maximum Gasteiger partial charge on any atom is 0.322 e. The molecule has 3 aromatic carbocycles. The number of fused-ring (bicyclic) bond motifs is 3. The fourth-order valence-corrected chi connectivity index (χ4v) is 5.71. The first-order chi connectivity index (χ1) is 18.9. The van der Waals surface area contributed by atoms with Crippen molar-refractivity contribution in [3.05, 3.63) is 125 Å². The first-order valence-corrected chi connectivity index (χ1v) is 14.3. The van der Waals surface area contributed by atoms with Crippen molar-refractivity contribution in [2.45, 2.75) is 38.3 Å². The maximum atomic E-state index is 14.1. The SMILES string of the molecule is CSc1ccc([C@H]2c3cccn3-c3c(c(C)nn3-c3ccccc3)CN2C(=O)Nc2ccc(C)c(C)c2)cc1. The number of thioether (sulfide) groups is 1. The van der Waals surface area contributed by atoms with E-state index in [0.717, 1.165) is 45.3 Å². The third kappa shape index (κ3) is 4.53. The van der Waals surface area contributed by atoms with E-state index in [-0.39, 0.29) is 12.1 Å². The number of anilines is 1. The monoisotopic (exact) mass is 533 g/mol. The molecule has 0 saturated carbocycles. The molecule has 0 unspecified atom stereocenters. The van der Waals surface area contributed by atoms with Gasteiger partial charge < -0.3 is 14.8 Å². The van der Waals surface area contributed by atoms with Crippen molar-refractivity contribution < 1.29 is 4.79 Å². The molecule has 2 amide bonds. The van der Waals surface area contributed by atoms with Crippen LogP contribution in [-0.4, -0.2) is 31.5 Å². The largest absolute Gasteiger partial charge is 0.322 e. The van der Waals surface area contributed by atoms with Crippen LogP contribution >= 0.6 is 11.8 Å². The van der Waals surface area contributed by atoms with E-state index in [4.69, 9.17) is 5.10 Å². The van der Waals surface area contributed by atoms with Gasteiger partial charge in [0.05, 0.1) is 29.7 Å². The number of para-hydroxylation sites is 1. The second-order valence-corrected chi connectivity index (χ2v) is 10.9. The molecule has 1 N–H and O–H groups in total. The summed E-state index contributed by atoms with van der Waals surface area (Å²) in [4.78, 5) is 17.3. The molecule has 0 bridgehead atoms. The van der Waals surface area contributed by atoms with Gasteiger partial charge in [-0.15, -0.1) is 11.8 Å². The van der Waals surface area contributed by atoms with E-state index in [0.29, 0.717) is 6.54 Å². The molecule has 0 spiro atoms. The molecule has 6 rings (SSSR count). The fraction of sp³-hybridized carbons (Fsp3) is 0.188. The first kappa shape index (κ1) is 25.1. The van der Waals surface area contributed by atoms with Gasteiger partial charge in [0.15, 0.2) is 0 Å². The van der Waals surface area contributed by atoms with Crippen LogP contribution in [0, 0.1) is 20.8 Å². The number of hydrogen-bond acceptors (Lipinski definition) is 3. The Morgan fingerprint density at radius 3 is 2.41 bits per heavy atom. The Hall–Kier alpha value is -4.23. The quantitative estimate of drug-likeness (QED) is 0.244. The number of carbonyl (C=O) groups is 1. The minimum atomic E-state index is -0.293. The highest BCUT2D eigenvalue weighted by Crippen LogP contribution is 2.39. The van der Waals surface area contributed by atoms with Crippen LogP contribution in [0.25, 0.3) is 11.5 Å². The van der Waals surface area contributed by atoms with E-state index in [9.17, 15) is 4.79 Å². The predicted octanol–water partition coefficient (Wildman–Crippen LogP) is 7.45. The summed E-state index contributed by atoms with van der Waals surface area (Å²) >= 11 is 1.71. The summed E-state index contributed by atoms with van der Waals surface area (Å²) in [5.74, 6) is 0.964. The Bertz CT molecular complexity index is 1650. The number of hydrogen-bond donors (Lipinski definition) is 1. The fourth-order valence-electron chi connectivity index (χ4n) is 5.30. The first-order valence-electron chi connectivity index (χ1n) is 13.0. The highest BCUT2D eigenvalue weighted by atomic mass is 32.2. The van der Waals surface area contributed by atoms with E-state index < -0.39 is 0 Å². The third-order valence-electron chi connectivity index (χ3n) is 7.54. The highest BCUT2D eigenvalue weighted by molar-refractivity contribution is 7.98. The van der Waals surface area contributed by atoms with Crippen LogP contribution < -0.4 is 5.32 Å². The van der Waals surface area contributed by atoms with Crippen LogP contribution in [0.4, 0.5) is 10.5 Å².